The Morgan fingerprint density at radius 3 is 2.50 bits per heavy atom. The first-order valence-corrected chi connectivity index (χ1v) is 8.88. The number of piperazine rings is 1. The van der Waals surface area contributed by atoms with Crippen LogP contribution >= 0.6 is 35.3 Å². The van der Waals surface area contributed by atoms with Crippen molar-refractivity contribution in [2.75, 3.05) is 39.3 Å². The van der Waals surface area contributed by atoms with E-state index in [2.05, 4.69) is 21.2 Å². The standard InChI is InChI=1S/C15H22ClN3OS.ClH/c16-14-2-1-13(21-14)11-18-7-9-19(10-8-18)15(20)12-3-5-17-6-4-12;/h1-2,12,17H,3-11H2;1H. The molecule has 0 unspecified atom stereocenters. The molecule has 1 amide bonds. The van der Waals surface area contributed by atoms with Crippen molar-refractivity contribution in [3.05, 3.63) is 21.3 Å². The SMILES string of the molecule is Cl.O=C(C1CCNCC1)N1CCN(Cc2ccc(Cl)s2)CC1. The second-order valence-electron chi connectivity index (χ2n) is 5.83. The number of carbonyl (C=O) groups excluding carboxylic acids is 1. The van der Waals surface area contributed by atoms with Crippen molar-refractivity contribution in [1.82, 2.24) is 15.1 Å². The molecular weight excluding hydrogens is 341 g/mol. The summed E-state index contributed by atoms with van der Waals surface area (Å²) in [6.45, 7) is 6.57. The summed E-state index contributed by atoms with van der Waals surface area (Å²) in [6, 6.07) is 4.05. The fourth-order valence-electron chi connectivity index (χ4n) is 3.11. The van der Waals surface area contributed by atoms with Crippen molar-refractivity contribution in [1.29, 1.82) is 0 Å². The van der Waals surface area contributed by atoms with Gasteiger partial charge in [0.05, 0.1) is 4.34 Å². The van der Waals surface area contributed by atoms with Gasteiger partial charge in [0.15, 0.2) is 0 Å². The van der Waals surface area contributed by atoms with E-state index in [0.717, 1.165) is 63.0 Å². The molecule has 124 valence electrons. The number of halogens is 2. The molecule has 2 aliphatic rings. The molecule has 2 fully saturated rings. The van der Waals surface area contributed by atoms with Gasteiger partial charge >= 0.3 is 0 Å². The molecule has 3 heterocycles. The molecule has 22 heavy (non-hydrogen) atoms. The quantitative estimate of drug-likeness (QED) is 0.895. The summed E-state index contributed by atoms with van der Waals surface area (Å²) in [5.74, 6) is 0.615. The van der Waals surface area contributed by atoms with Crippen LogP contribution in [0.4, 0.5) is 0 Å². The van der Waals surface area contributed by atoms with Crippen molar-refractivity contribution in [2.24, 2.45) is 5.92 Å². The van der Waals surface area contributed by atoms with E-state index in [1.54, 1.807) is 11.3 Å². The van der Waals surface area contributed by atoms with E-state index in [1.165, 1.54) is 4.88 Å². The third-order valence-electron chi connectivity index (χ3n) is 4.38. The fourth-order valence-corrected chi connectivity index (χ4v) is 4.24. The Morgan fingerprint density at radius 2 is 1.91 bits per heavy atom. The van der Waals surface area contributed by atoms with Crippen LogP contribution in [-0.2, 0) is 11.3 Å². The highest BCUT2D eigenvalue weighted by Crippen LogP contribution is 2.23. The summed E-state index contributed by atoms with van der Waals surface area (Å²) in [5, 5.41) is 3.32. The van der Waals surface area contributed by atoms with Crippen LogP contribution in [0.5, 0.6) is 0 Å². The maximum absolute atomic E-state index is 12.5. The van der Waals surface area contributed by atoms with Gasteiger partial charge in [0.2, 0.25) is 5.91 Å². The Bertz CT molecular complexity index is 483. The van der Waals surface area contributed by atoms with Crippen molar-refractivity contribution in [2.45, 2.75) is 19.4 Å². The number of nitrogens with zero attached hydrogens (tertiary/aromatic N) is 2. The predicted molar refractivity (Wildman–Crippen MR) is 94.0 cm³/mol. The van der Waals surface area contributed by atoms with Crippen LogP contribution in [0.2, 0.25) is 4.34 Å². The van der Waals surface area contributed by atoms with E-state index in [-0.39, 0.29) is 18.3 Å². The van der Waals surface area contributed by atoms with E-state index in [4.69, 9.17) is 11.6 Å². The highest BCUT2D eigenvalue weighted by Gasteiger charge is 2.28. The largest absolute Gasteiger partial charge is 0.340 e. The van der Waals surface area contributed by atoms with Gasteiger partial charge in [0, 0.05) is 43.5 Å². The van der Waals surface area contributed by atoms with Gasteiger partial charge in [0.25, 0.3) is 0 Å². The van der Waals surface area contributed by atoms with Crippen molar-refractivity contribution < 1.29 is 4.79 Å². The number of piperidine rings is 1. The van der Waals surface area contributed by atoms with E-state index in [0.29, 0.717) is 5.91 Å². The van der Waals surface area contributed by atoms with E-state index >= 15 is 0 Å². The molecule has 0 atom stereocenters. The molecule has 7 heteroatoms. The lowest BCUT2D eigenvalue weighted by molar-refractivity contribution is -0.138. The number of carbonyl (C=O) groups is 1. The maximum Gasteiger partial charge on any atom is 0.225 e. The Labute approximate surface area is 147 Å². The molecule has 0 radical (unpaired) electrons. The number of hydrogen-bond donors (Lipinski definition) is 1. The number of rotatable bonds is 3. The second-order valence-corrected chi connectivity index (χ2v) is 7.63. The third-order valence-corrected chi connectivity index (χ3v) is 5.60. The molecule has 1 aromatic heterocycles. The Balaban J connectivity index is 0.00000176. The van der Waals surface area contributed by atoms with Gasteiger partial charge in [-0.2, -0.15) is 0 Å². The summed E-state index contributed by atoms with van der Waals surface area (Å²) in [5.41, 5.74) is 0. The van der Waals surface area contributed by atoms with Gasteiger partial charge in [-0.25, -0.2) is 0 Å². The number of hydrogen-bond acceptors (Lipinski definition) is 4. The summed E-state index contributed by atoms with van der Waals surface area (Å²) in [6.07, 6.45) is 1.99. The number of amides is 1. The summed E-state index contributed by atoms with van der Waals surface area (Å²) >= 11 is 7.62. The van der Waals surface area contributed by atoms with Gasteiger partial charge < -0.3 is 10.2 Å². The normalized spacial score (nSPS) is 20.7. The van der Waals surface area contributed by atoms with Crippen LogP contribution in [-0.4, -0.2) is 55.0 Å². The van der Waals surface area contributed by atoms with E-state index in [1.807, 2.05) is 6.07 Å². The molecule has 2 aliphatic heterocycles. The molecular formula is C15H23Cl2N3OS. The molecule has 1 aromatic rings. The maximum atomic E-state index is 12.5. The van der Waals surface area contributed by atoms with Gasteiger partial charge in [-0.3, -0.25) is 9.69 Å². The monoisotopic (exact) mass is 363 g/mol. The molecule has 2 saturated heterocycles. The van der Waals surface area contributed by atoms with Crippen LogP contribution in [0.3, 0.4) is 0 Å². The van der Waals surface area contributed by atoms with Crippen LogP contribution in [0, 0.1) is 5.92 Å². The zero-order valence-corrected chi connectivity index (χ0v) is 15.0. The summed E-state index contributed by atoms with van der Waals surface area (Å²) in [4.78, 5) is 18.3. The first-order chi connectivity index (χ1) is 10.2. The van der Waals surface area contributed by atoms with Crippen molar-refractivity contribution >= 4 is 41.3 Å². The lowest BCUT2D eigenvalue weighted by Crippen LogP contribution is -2.51. The minimum Gasteiger partial charge on any atom is -0.340 e. The molecule has 1 N–H and O–H groups in total. The van der Waals surface area contributed by atoms with Crippen LogP contribution < -0.4 is 5.32 Å². The average molecular weight is 364 g/mol. The highest BCUT2D eigenvalue weighted by atomic mass is 35.5. The second kappa shape index (κ2) is 8.50. The van der Waals surface area contributed by atoms with Gasteiger partial charge in [-0.1, -0.05) is 11.6 Å². The van der Waals surface area contributed by atoms with Crippen molar-refractivity contribution in [3.63, 3.8) is 0 Å². The summed E-state index contributed by atoms with van der Waals surface area (Å²) in [7, 11) is 0. The fraction of sp³-hybridized carbons (Fsp3) is 0.667. The molecule has 0 saturated carbocycles. The molecule has 3 rings (SSSR count). The van der Waals surface area contributed by atoms with Crippen LogP contribution in [0.15, 0.2) is 12.1 Å². The Hall–Kier alpha value is -0.330. The lowest BCUT2D eigenvalue weighted by Gasteiger charge is -2.37. The molecule has 0 aliphatic carbocycles. The smallest absolute Gasteiger partial charge is 0.225 e. The molecule has 4 nitrogen and oxygen atoms in total. The molecule has 0 bridgehead atoms. The highest BCUT2D eigenvalue weighted by molar-refractivity contribution is 7.16. The number of nitrogens with one attached hydrogen (secondary N) is 1. The van der Waals surface area contributed by atoms with Crippen LogP contribution in [0.25, 0.3) is 0 Å². The minimum atomic E-state index is 0. The first kappa shape index (κ1) is 18.0. The predicted octanol–water partition coefficient (Wildman–Crippen LogP) is 2.47. The zero-order chi connectivity index (χ0) is 14.7. The lowest BCUT2D eigenvalue weighted by atomic mass is 9.96. The van der Waals surface area contributed by atoms with Gasteiger partial charge in [0.1, 0.15) is 0 Å². The topological polar surface area (TPSA) is 35.6 Å². The van der Waals surface area contributed by atoms with Crippen LogP contribution in [0.1, 0.15) is 17.7 Å². The van der Waals surface area contributed by atoms with Gasteiger partial charge in [-0.15, -0.1) is 23.7 Å². The van der Waals surface area contributed by atoms with E-state index < -0.39 is 0 Å². The van der Waals surface area contributed by atoms with Gasteiger partial charge in [-0.05, 0) is 38.1 Å². The molecule has 0 aromatic carbocycles. The summed E-state index contributed by atoms with van der Waals surface area (Å²) < 4.78 is 0.852. The molecule has 0 spiro atoms. The van der Waals surface area contributed by atoms with E-state index in [9.17, 15) is 4.79 Å². The zero-order valence-electron chi connectivity index (χ0n) is 12.6. The third kappa shape index (κ3) is 4.59. The number of thiophene rings is 1. The Kier molecular flexibility index (Phi) is 6.96. The minimum absolute atomic E-state index is 0. The van der Waals surface area contributed by atoms with Crippen molar-refractivity contribution in [3.8, 4) is 0 Å². The first-order valence-electron chi connectivity index (χ1n) is 7.68. The Morgan fingerprint density at radius 1 is 1.23 bits per heavy atom. The average Bonchev–Trinajstić information content (AvgIpc) is 2.93.